The van der Waals surface area contributed by atoms with Crippen molar-refractivity contribution < 1.29 is 64.6 Å². The van der Waals surface area contributed by atoms with Crippen LogP contribution in [-0.4, -0.2) is 140 Å². The number of allylic oxidation sites excluding steroid dienone is 5. The molecule has 0 aromatic heterocycles. The van der Waals surface area contributed by atoms with E-state index in [0.29, 0.717) is 6.42 Å². The second kappa shape index (κ2) is 36.3. The van der Waals surface area contributed by atoms with Gasteiger partial charge < -0.3 is 65.1 Å². The van der Waals surface area contributed by atoms with Gasteiger partial charge in [-0.15, -0.1) is 0 Å². The van der Waals surface area contributed by atoms with E-state index in [1.807, 2.05) is 6.08 Å². The van der Waals surface area contributed by atoms with E-state index < -0.39 is 86.8 Å². The van der Waals surface area contributed by atoms with E-state index in [-0.39, 0.29) is 18.9 Å². The first kappa shape index (κ1) is 57.3. The van der Waals surface area contributed by atoms with E-state index in [4.69, 9.17) is 18.9 Å². The molecule has 0 radical (unpaired) electrons. The van der Waals surface area contributed by atoms with Crippen LogP contribution in [0.25, 0.3) is 0 Å². The summed E-state index contributed by atoms with van der Waals surface area (Å²) in [6, 6.07) is -0.916. The molecule has 12 atom stereocenters. The summed E-state index contributed by atoms with van der Waals surface area (Å²) in [4.78, 5) is 13.1. The molecule has 14 nitrogen and oxygen atoms in total. The Hall–Kier alpha value is -1.79. The zero-order chi connectivity index (χ0) is 46.1. The highest BCUT2D eigenvalue weighted by Gasteiger charge is 2.51. The van der Waals surface area contributed by atoms with E-state index in [2.05, 4.69) is 43.5 Å². The standard InChI is InChI=1S/C49H89NO13/c1-3-5-7-9-11-13-15-17-18-19-20-21-23-25-27-29-31-33-41(54)50-37(38(53)32-30-28-26-24-22-16-14-12-10-8-6-4-2)36-60-48-46(59)44(57)47(40(35-52)62-48)63-49-45(58)43(56)42(55)39(34-51)61-49/h11,13,17-18,30,32,37-40,42-49,51-53,55-59H,3-10,12,14-16,19-29,31,33-36H2,1-2H3,(H,50,54)/b13-11-,18-17-,32-30+. The molecule has 2 saturated heterocycles. The highest BCUT2D eigenvalue weighted by atomic mass is 16.7. The molecule has 0 aliphatic carbocycles. The van der Waals surface area contributed by atoms with Crippen LogP contribution in [0.4, 0.5) is 0 Å². The Bertz CT molecular complexity index is 1200. The number of hydrogen-bond acceptors (Lipinski definition) is 13. The normalized spacial score (nSPS) is 27.8. The molecule has 1 amide bonds. The van der Waals surface area contributed by atoms with Gasteiger partial charge in [0.1, 0.15) is 48.8 Å². The predicted octanol–water partition coefficient (Wildman–Crippen LogP) is 5.93. The maximum absolute atomic E-state index is 13.1. The molecule has 0 aromatic rings. The summed E-state index contributed by atoms with van der Waals surface area (Å²) in [5, 5.41) is 86.6. The molecule has 0 spiro atoms. The van der Waals surface area contributed by atoms with Crippen molar-refractivity contribution in [1.29, 1.82) is 0 Å². The number of aliphatic hydroxyl groups is 8. The number of ether oxygens (including phenoxy) is 4. The molecule has 2 rings (SSSR count). The number of hydrogen-bond donors (Lipinski definition) is 9. The SMILES string of the molecule is CCCCC/C=C\C/C=C\CCCCCCCCCC(=O)NC(COC1OC(CO)C(OC2OC(CO)C(O)C(O)C2O)C(O)C1O)C(O)/C=C/CCCCCCCCCCCC. The molecule has 0 saturated carbocycles. The summed E-state index contributed by atoms with van der Waals surface area (Å²) in [5.74, 6) is -0.250. The highest BCUT2D eigenvalue weighted by Crippen LogP contribution is 2.30. The van der Waals surface area contributed by atoms with Gasteiger partial charge in [-0.2, -0.15) is 0 Å². The minimum Gasteiger partial charge on any atom is -0.394 e. The topological polar surface area (TPSA) is 228 Å². The molecule has 14 heteroatoms. The Kier molecular flexibility index (Phi) is 33.1. The lowest BCUT2D eigenvalue weighted by Crippen LogP contribution is -2.65. The lowest BCUT2D eigenvalue weighted by atomic mass is 9.97. The summed E-state index contributed by atoms with van der Waals surface area (Å²) in [5.41, 5.74) is 0. The van der Waals surface area contributed by atoms with Crippen LogP contribution in [0.5, 0.6) is 0 Å². The van der Waals surface area contributed by atoms with Crippen molar-refractivity contribution in [2.75, 3.05) is 19.8 Å². The Morgan fingerprint density at radius 3 is 1.62 bits per heavy atom. The molecule has 63 heavy (non-hydrogen) atoms. The van der Waals surface area contributed by atoms with Crippen molar-refractivity contribution in [3.63, 3.8) is 0 Å². The Balaban J connectivity index is 1.86. The maximum Gasteiger partial charge on any atom is 0.220 e. The number of amides is 1. The minimum atomic E-state index is -1.79. The van der Waals surface area contributed by atoms with E-state index in [1.54, 1.807) is 6.08 Å². The monoisotopic (exact) mass is 900 g/mol. The first-order valence-corrected chi connectivity index (χ1v) is 24.7. The first-order chi connectivity index (χ1) is 30.6. The van der Waals surface area contributed by atoms with Crippen LogP contribution in [0, 0.1) is 0 Å². The van der Waals surface area contributed by atoms with E-state index >= 15 is 0 Å². The van der Waals surface area contributed by atoms with Gasteiger partial charge in [0.2, 0.25) is 5.91 Å². The van der Waals surface area contributed by atoms with Crippen LogP contribution in [0.1, 0.15) is 174 Å². The quantitative estimate of drug-likeness (QED) is 0.0261. The summed E-state index contributed by atoms with van der Waals surface area (Å²) in [7, 11) is 0. The smallest absolute Gasteiger partial charge is 0.220 e. The lowest BCUT2D eigenvalue weighted by molar-refractivity contribution is -0.359. The van der Waals surface area contributed by atoms with Crippen molar-refractivity contribution in [3.8, 4) is 0 Å². The third kappa shape index (κ3) is 24.0. The van der Waals surface area contributed by atoms with Crippen LogP contribution in [0.2, 0.25) is 0 Å². The second-order valence-electron chi connectivity index (χ2n) is 17.6. The zero-order valence-electron chi connectivity index (χ0n) is 38.8. The van der Waals surface area contributed by atoms with Crippen molar-refractivity contribution in [3.05, 3.63) is 36.5 Å². The predicted molar refractivity (Wildman–Crippen MR) is 244 cm³/mol. The third-order valence-electron chi connectivity index (χ3n) is 12.1. The second-order valence-corrected chi connectivity index (χ2v) is 17.6. The molecule has 2 aliphatic rings. The lowest BCUT2D eigenvalue weighted by Gasteiger charge is -2.46. The van der Waals surface area contributed by atoms with Gasteiger partial charge >= 0.3 is 0 Å². The Morgan fingerprint density at radius 1 is 0.571 bits per heavy atom. The van der Waals surface area contributed by atoms with Gasteiger partial charge in [0.25, 0.3) is 0 Å². The van der Waals surface area contributed by atoms with Crippen molar-refractivity contribution in [1.82, 2.24) is 5.32 Å². The molecule has 2 aliphatic heterocycles. The van der Waals surface area contributed by atoms with Gasteiger partial charge in [-0.1, -0.05) is 153 Å². The van der Waals surface area contributed by atoms with Crippen LogP contribution < -0.4 is 5.32 Å². The van der Waals surface area contributed by atoms with E-state index in [0.717, 1.165) is 57.8 Å². The average molecular weight is 900 g/mol. The van der Waals surface area contributed by atoms with Crippen LogP contribution in [0.3, 0.4) is 0 Å². The van der Waals surface area contributed by atoms with Crippen molar-refractivity contribution >= 4 is 5.91 Å². The molecule has 0 aromatic carbocycles. The number of nitrogens with one attached hydrogen (secondary N) is 1. The van der Waals surface area contributed by atoms with Gasteiger partial charge in [0, 0.05) is 6.42 Å². The molecule has 0 bridgehead atoms. The summed E-state index contributed by atoms with van der Waals surface area (Å²) < 4.78 is 22.7. The summed E-state index contributed by atoms with van der Waals surface area (Å²) in [6.07, 6.45) is 23.2. The summed E-state index contributed by atoms with van der Waals surface area (Å²) in [6.45, 7) is 2.73. The number of carbonyl (C=O) groups excluding carboxylic acids is 1. The molecule has 12 unspecified atom stereocenters. The van der Waals surface area contributed by atoms with E-state index in [1.165, 1.54) is 89.9 Å². The van der Waals surface area contributed by atoms with Gasteiger partial charge in [-0.3, -0.25) is 4.79 Å². The number of aliphatic hydroxyl groups excluding tert-OH is 8. The fourth-order valence-electron chi connectivity index (χ4n) is 7.97. The highest BCUT2D eigenvalue weighted by molar-refractivity contribution is 5.76. The van der Waals surface area contributed by atoms with Gasteiger partial charge in [-0.05, 0) is 51.4 Å². The molecular formula is C49H89NO13. The molecule has 2 heterocycles. The van der Waals surface area contributed by atoms with Crippen molar-refractivity contribution in [2.24, 2.45) is 0 Å². The number of unbranched alkanes of at least 4 members (excludes halogenated alkanes) is 20. The van der Waals surface area contributed by atoms with Gasteiger partial charge in [0.15, 0.2) is 12.6 Å². The van der Waals surface area contributed by atoms with Crippen molar-refractivity contribution in [2.45, 2.75) is 248 Å². The first-order valence-electron chi connectivity index (χ1n) is 24.7. The zero-order valence-corrected chi connectivity index (χ0v) is 38.8. The number of carbonyl (C=O) groups is 1. The van der Waals surface area contributed by atoms with Gasteiger partial charge in [-0.25, -0.2) is 0 Å². The van der Waals surface area contributed by atoms with Crippen LogP contribution in [0.15, 0.2) is 36.5 Å². The Labute approximate surface area is 379 Å². The fraction of sp³-hybridized carbons (Fsp3) is 0.857. The Morgan fingerprint density at radius 2 is 1.05 bits per heavy atom. The maximum atomic E-state index is 13.1. The van der Waals surface area contributed by atoms with Gasteiger partial charge in [0.05, 0.1) is 32.0 Å². The van der Waals surface area contributed by atoms with E-state index in [9.17, 15) is 45.6 Å². The fourth-order valence-corrected chi connectivity index (χ4v) is 7.97. The largest absolute Gasteiger partial charge is 0.394 e. The summed E-state index contributed by atoms with van der Waals surface area (Å²) >= 11 is 0. The molecule has 9 N–H and O–H groups in total. The molecular weight excluding hydrogens is 811 g/mol. The molecule has 368 valence electrons. The third-order valence-corrected chi connectivity index (χ3v) is 12.1. The molecule has 2 fully saturated rings. The minimum absolute atomic E-state index is 0.250. The average Bonchev–Trinajstić information content (AvgIpc) is 3.28. The van der Waals surface area contributed by atoms with Crippen LogP contribution in [-0.2, 0) is 23.7 Å². The number of rotatable bonds is 37. The van der Waals surface area contributed by atoms with Crippen LogP contribution >= 0.6 is 0 Å².